The van der Waals surface area contributed by atoms with Gasteiger partial charge >= 0.3 is 11.3 Å². The fraction of sp³-hybridized carbons (Fsp3) is 0.333. The van der Waals surface area contributed by atoms with Crippen LogP contribution in [-0.4, -0.2) is 0 Å². The number of hydrogen-bond donors (Lipinski definition) is 0. The summed E-state index contributed by atoms with van der Waals surface area (Å²) in [6.07, 6.45) is 2.90. The van der Waals surface area contributed by atoms with E-state index < -0.39 is 11.3 Å². The summed E-state index contributed by atoms with van der Waals surface area (Å²) in [5.74, 6) is 0. The Morgan fingerprint density at radius 1 is 1.20 bits per heavy atom. The maximum atomic E-state index is 11.5. The first kappa shape index (κ1) is 9.90. The normalized spacial score (nSPS) is 11.0. The van der Waals surface area contributed by atoms with Crippen molar-refractivity contribution >= 4 is 10.8 Å². The standard InChI is InChI=1S/C12H12O3/c1-2-3-4-8-7-9-5-6-10(8)12(14)15-11(9)13/h5-7H,2-4H2,1H3. The molecule has 0 atom stereocenters. The van der Waals surface area contributed by atoms with E-state index in [0.29, 0.717) is 10.8 Å². The molecule has 0 spiro atoms. The van der Waals surface area contributed by atoms with Crippen LogP contribution in [0.15, 0.2) is 32.2 Å². The summed E-state index contributed by atoms with van der Waals surface area (Å²) in [6, 6.07) is 5.07. The number of rotatable bonds is 3. The minimum atomic E-state index is -0.544. The van der Waals surface area contributed by atoms with Gasteiger partial charge in [0.2, 0.25) is 0 Å². The molecule has 3 heteroatoms. The second-order valence-electron chi connectivity index (χ2n) is 3.65. The largest absolute Gasteiger partial charge is 0.386 e. The van der Waals surface area contributed by atoms with Crippen molar-refractivity contribution in [1.29, 1.82) is 0 Å². The van der Waals surface area contributed by atoms with Crippen LogP contribution in [0.3, 0.4) is 0 Å². The third-order valence-corrected chi connectivity index (χ3v) is 2.55. The van der Waals surface area contributed by atoms with E-state index in [1.807, 2.05) is 0 Å². The second kappa shape index (κ2) is 3.85. The monoisotopic (exact) mass is 204 g/mol. The van der Waals surface area contributed by atoms with Gasteiger partial charge in [0.05, 0.1) is 10.8 Å². The maximum absolute atomic E-state index is 11.5. The predicted octanol–water partition coefficient (Wildman–Crippen LogP) is 1.93. The van der Waals surface area contributed by atoms with Gasteiger partial charge in [0.1, 0.15) is 0 Å². The molecule has 15 heavy (non-hydrogen) atoms. The van der Waals surface area contributed by atoms with Gasteiger partial charge in [0.25, 0.3) is 0 Å². The zero-order valence-electron chi connectivity index (χ0n) is 8.58. The third kappa shape index (κ3) is 1.77. The van der Waals surface area contributed by atoms with Crippen molar-refractivity contribution < 1.29 is 4.42 Å². The number of unbranched alkanes of at least 4 members (excludes halogenated alkanes) is 1. The lowest BCUT2D eigenvalue weighted by Gasteiger charge is -1.98. The highest BCUT2D eigenvalue weighted by atomic mass is 16.4. The van der Waals surface area contributed by atoms with Crippen LogP contribution in [0.1, 0.15) is 25.3 Å². The third-order valence-electron chi connectivity index (χ3n) is 2.55. The molecule has 78 valence electrons. The number of aryl methyl sites for hydroxylation is 1. The molecule has 0 aliphatic carbocycles. The number of fused-ring (bicyclic) bond motifs is 4. The molecule has 0 unspecified atom stereocenters. The highest BCUT2D eigenvalue weighted by molar-refractivity contribution is 5.67. The highest BCUT2D eigenvalue weighted by Gasteiger charge is 2.07. The molecule has 3 rings (SSSR count). The number of benzene rings is 1. The van der Waals surface area contributed by atoms with E-state index in [1.165, 1.54) is 0 Å². The molecule has 0 aliphatic heterocycles. The lowest BCUT2D eigenvalue weighted by atomic mass is 10.0. The van der Waals surface area contributed by atoms with E-state index in [1.54, 1.807) is 18.2 Å². The molecule has 0 N–H and O–H groups in total. The van der Waals surface area contributed by atoms with Crippen molar-refractivity contribution in [2.75, 3.05) is 0 Å². The number of hydrogen-bond acceptors (Lipinski definition) is 3. The zero-order chi connectivity index (χ0) is 10.8. The first-order chi connectivity index (χ1) is 7.22. The van der Waals surface area contributed by atoms with Gasteiger partial charge in [-0.25, -0.2) is 9.59 Å². The molecule has 0 fully saturated rings. The fourth-order valence-corrected chi connectivity index (χ4v) is 1.69. The maximum Gasteiger partial charge on any atom is 0.346 e. The van der Waals surface area contributed by atoms with Crippen LogP contribution >= 0.6 is 0 Å². The quantitative estimate of drug-likeness (QED) is 0.767. The van der Waals surface area contributed by atoms with Gasteiger partial charge in [-0.05, 0) is 36.6 Å². The molecule has 3 aromatic rings. The van der Waals surface area contributed by atoms with Gasteiger partial charge < -0.3 is 4.42 Å². The van der Waals surface area contributed by atoms with Gasteiger partial charge in [-0.1, -0.05) is 13.3 Å². The van der Waals surface area contributed by atoms with Gasteiger partial charge in [0.15, 0.2) is 0 Å². The Hall–Kier alpha value is -1.64. The second-order valence-corrected chi connectivity index (χ2v) is 3.65. The molecule has 2 heterocycles. The molecule has 0 amide bonds. The molecule has 1 aromatic carbocycles. The van der Waals surface area contributed by atoms with E-state index in [2.05, 4.69) is 11.3 Å². The van der Waals surface area contributed by atoms with E-state index in [4.69, 9.17) is 0 Å². The summed E-state index contributed by atoms with van der Waals surface area (Å²) in [7, 11) is 0. The summed E-state index contributed by atoms with van der Waals surface area (Å²) in [6.45, 7) is 2.09. The highest BCUT2D eigenvalue weighted by Crippen LogP contribution is 2.13. The Labute approximate surface area is 86.7 Å². The molecule has 2 aromatic heterocycles. The van der Waals surface area contributed by atoms with Crippen LogP contribution in [0.4, 0.5) is 0 Å². The molecule has 0 saturated carbocycles. The van der Waals surface area contributed by atoms with Gasteiger partial charge in [-0.2, -0.15) is 0 Å². The topological polar surface area (TPSA) is 47.3 Å². The van der Waals surface area contributed by atoms with Crippen LogP contribution in [0, 0.1) is 0 Å². The van der Waals surface area contributed by atoms with Crippen molar-refractivity contribution in [3.05, 3.63) is 44.6 Å². The van der Waals surface area contributed by atoms with Crippen molar-refractivity contribution in [3.8, 4) is 0 Å². The molecule has 2 bridgehead atoms. The molecule has 0 aliphatic rings. The minimum absolute atomic E-state index is 0.468. The van der Waals surface area contributed by atoms with Gasteiger partial charge in [-0.15, -0.1) is 0 Å². The molecule has 3 nitrogen and oxygen atoms in total. The van der Waals surface area contributed by atoms with Crippen LogP contribution < -0.4 is 11.3 Å². The Morgan fingerprint density at radius 3 is 2.73 bits per heavy atom. The summed E-state index contributed by atoms with van der Waals surface area (Å²) in [4.78, 5) is 22.8. The zero-order valence-corrected chi connectivity index (χ0v) is 8.58. The van der Waals surface area contributed by atoms with E-state index in [0.717, 1.165) is 24.8 Å². The fourth-order valence-electron chi connectivity index (χ4n) is 1.69. The smallest absolute Gasteiger partial charge is 0.346 e. The molecular formula is C12H12O3. The van der Waals surface area contributed by atoms with Crippen molar-refractivity contribution in [2.45, 2.75) is 26.2 Å². The van der Waals surface area contributed by atoms with Gasteiger partial charge in [0, 0.05) is 0 Å². The van der Waals surface area contributed by atoms with Crippen LogP contribution in [0.5, 0.6) is 0 Å². The van der Waals surface area contributed by atoms with E-state index >= 15 is 0 Å². The average Bonchev–Trinajstić information content (AvgIpc) is 2.43. The van der Waals surface area contributed by atoms with Gasteiger partial charge in [-0.3, -0.25) is 0 Å². The van der Waals surface area contributed by atoms with Crippen molar-refractivity contribution in [1.82, 2.24) is 0 Å². The lowest BCUT2D eigenvalue weighted by molar-refractivity contribution is 0.491. The molecule has 0 saturated heterocycles. The average molecular weight is 204 g/mol. The first-order valence-corrected chi connectivity index (χ1v) is 5.12. The van der Waals surface area contributed by atoms with Crippen LogP contribution in [0.25, 0.3) is 10.8 Å². The van der Waals surface area contributed by atoms with E-state index in [-0.39, 0.29) is 0 Å². The Kier molecular flexibility index (Phi) is 2.54. The van der Waals surface area contributed by atoms with Crippen LogP contribution in [0.2, 0.25) is 0 Å². The SMILES string of the molecule is CCCCc1cc2ccc1c(=O)oc2=O. The van der Waals surface area contributed by atoms with Crippen molar-refractivity contribution in [3.63, 3.8) is 0 Å². The van der Waals surface area contributed by atoms with E-state index in [9.17, 15) is 9.59 Å². The minimum Gasteiger partial charge on any atom is -0.386 e. The first-order valence-electron chi connectivity index (χ1n) is 5.12. The Balaban J connectivity index is 2.67. The summed E-state index contributed by atoms with van der Waals surface area (Å²) < 4.78 is 4.64. The molecular weight excluding hydrogens is 192 g/mol. The van der Waals surface area contributed by atoms with Crippen molar-refractivity contribution in [2.24, 2.45) is 0 Å². The molecule has 0 radical (unpaired) electrons. The predicted molar refractivity (Wildman–Crippen MR) is 58.6 cm³/mol. The lowest BCUT2D eigenvalue weighted by Crippen LogP contribution is -2.03. The van der Waals surface area contributed by atoms with Crippen LogP contribution in [-0.2, 0) is 6.42 Å². The Morgan fingerprint density at radius 2 is 2.00 bits per heavy atom. The Bertz CT molecular complexity index is 568. The summed E-state index contributed by atoms with van der Waals surface area (Å²) >= 11 is 0. The summed E-state index contributed by atoms with van der Waals surface area (Å²) in [5.41, 5.74) is -0.144. The summed E-state index contributed by atoms with van der Waals surface area (Å²) in [5, 5.41) is 0.994.